The van der Waals surface area contributed by atoms with Crippen LogP contribution < -0.4 is 5.32 Å². The molecule has 2 fully saturated rings. The number of hydrogen-bond acceptors (Lipinski definition) is 2. The molecule has 0 aromatic carbocycles. The molecule has 112 valence electrons. The SMILES string of the molecule is C/C=C\C=C(/C/C=C\C)NC1CCC[C@H]2OCCCC12. The van der Waals surface area contributed by atoms with Gasteiger partial charge in [0.25, 0.3) is 0 Å². The van der Waals surface area contributed by atoms with Crippen LogP contribution in [0.25, 0.3) is 0 Å². The largest absolute Gasteiger partial charge is 0.385 e. The fraction of sp³-hybridized carbons (Fsp3) is 0.667. The van der Waals surface area contributed by atoms with Crippen LogP contribution >= 0.6 is 0 Å². The molecule has 0 radical (unpaired) electrons. The molecule has 1 aliphatic heterocycles. The number of rotatable bonds is 5. The second kappa shape index (κ2) is 8.31. The molecule has 2 nitrogen and oxygen atoms in total. The maximum atomic E-state index is 5.97. The van der Waals surface area contributed by atoms with Crippen molar-refractivity contribution in [1.29, 1.82) is 0 Å². The third kappa shape index (κ3) is 4.24. The van der Waals surface area contributed by atoms with E-state index in [4.69, 9.17) is 4.74 Å². The van der Waals surface area contributed by atoms with Crippen molar-refractivity contribution in [2.75, 3.05) is 6.61 Å². The highest BCUT2D eigenvalue weighted by atomic mass is 16.5. The van der Waals surface area contributed by atoms with E-state index in [0.717, 1.165) is 13.0 Å². The zero-order chi connectivity index (χ0) is 14.2. The highest BCUT2D eigenvalue weighted by molar-refractivity contribution is 5.15. The van der Waals surface area contributed by atoms with Gasteiger partial charge < -0.3 is 10.1 Å². The molecule has 2 unspecified atom stereocenters. The number of allylic oxidation sites excluding steroid dienone is 5. The topological polar surface area (TPSA) is 21.3 Å². The van der Waals surface area contributed by atoms with Crippen molar-refractivity contribution in [1.82, 2.24) is 5.32 Å². The Bertz CT molecular complexity index is 368. The van der Waals surface area contributed by atoms with Crippen LogP contribution in [0.5, 0.6) is 0 Å². The molecule has 2 heteroatoms. The van der Waals surface area contributed by atoms with Crippen LogP contribution in [0.2, 0.25) is 0 Å². The van der Waals surface area contributed by atoms with E-state index in [9.17, 15) is 0 Å². The Morgan fingerprint density at radius 2 is 2.05 bits per heavy atom. The lowest BCUT2D eigenvalue weighted by Gasteiger charge is -2.42. The van der Waals surface area contributed by atoms with Crippen molar-refractivity contribution in [3.05, 3.63) is 36.1 Å². The normalized spacial score (nSPS) is 31.7. The van der Waals surface area contributed by atoms with Gasteiger partial charge in [-0.15, -0.1) is 0 Å². The van der Waals surface area contributed by atoms with Gasteiger partial charge in [-0.25, -0.2) is 0 Å². The molecule has 0 bridgehead atoms. The van der Waals surface area contributed by atoms with Gasteiger partial charge in [-0.2, -0.15) is 0 Å². The highest BCUT2D eigenvalue weighted by Crippen LogP contribution is 2.34. The summed E-state index contributed by atoms with van der Waals surface area (Å²) in [5, 5.41) is 3.80. The molecule has 0 amide bonds. The Balaban J connectivity index is 2.00. The molecule has 0 aromatic rings. The Morgan fingerprint density at radius 3 is 2.85 bits per heavy atom. The molecule has 1 aliphatic carbocycles. The van der Waals surface area contributed by atoms with Crippen LogP contribution in [0, 0.1) is 5.92 Å². The van der Waals surface area contributed by atoms with Gasteiger partial charge in [-0.1, -0.05) is 24.3 Å². The fourth-order valence-corrected chi connectivity index (χ4v) is 3.42. The van der Waals surface area contributed by atoms with Crippen LogP contribution in [0.15, 0.2) is 36.1 Å². The lowest BCUT2D eigenvalue weighted by Crippen LogP contribution is -2.47. The third-order valence-corrected chi connectivity index (χ3v) is 4.45. The van der Waals surface area contributed by atoms with E-state index in [1.165, 1.54) is 37.8 Å². The second-order valence-electron chi connectivity index (χ2n) is 5.89. The minimum Gasteiger partial charge on any atom is -0.385 e. The Labute approximate surface area is 124 Å². The molecule has 0 spiro atoms. The van der Waals surface area contributed by atoms with Crippen molar-refractivity contribution in [2.24, 2.45) is 5.92 Å². The first-order valence-electron chi connectivity index (χ1n) is 8.16. The molecule has 20 heavy (non-hydrogen) atoms. The summed E-state index contributed by atoms with van der Waals surface area (Å²) in [5.41, 5.74) is 1.33. The van der Waals surface area contributed by atoms with Crippen molar-refractivity contribution in [3.63, 3.8) is 0 Å². The van der Waals surface area contributed by atoms with Gasteiger partial charge in [0.1, 0.15) is 0 Å². The van der Waals surface area contributed by atoms with E-state index in [1.807, 2.05) is 0 Å². The summed E-state index contributed by atoms with van der Waals surface area (Å²) in [7, 11) is 0. The summed E-state index contributed by atoms with van der Waals surface area (Å²) in [6, 6.07) is 0.593. The minimum absolute atomic E-state index is 0.500. The van der Waals surface area contributed by atoms with E-state index >= 15 is 0 Å². The molecule has 2 aliphatic rings. The van der Waals surface area contributed by atoms with Gasteiger partial charge in [0.05, 0.1) is 6.10 Å². The van der Waals surface area contributed by atoms with Crippen LogP contribution in [0.1, 0.15) is 52.4 Å². The molecular weight excluding hydrogens is 246 g/mol. The van der Waals surface area contributed by atoms with Crippen molar-refractivity contribution in [3.8, 4) is 0 Å². The summed E-state index contributed by atoms with van der Waals surface area (Å²) in [6.07, 6.45) is 18.7. The van der Waals surface area contributed by atoms with E-state index in [0.29, 0.717) is 18.1 Å². The predicted octanol–water partition coefficient (Wildman–Crippen LogP) is 4.35. The van der Waals surface area contributed by atoms with E-state index in [2.05, 4.69) is 49.5 Å². The number of hydrogen-bond donors (Lipinski definition) is 1. The second-order valence-corrected chi connectivity index (χ2v) is 5.89. The van der Waals surface area contributed by atoms with E-state index in [-0.39, 0.29) is 0 Å². The predicted molar refractivity (Wildman–Crippen MR) is 85.6 cm³/mol. The zero-order valence-electron chi connectivity index (χ0n) is 13.0. The van der Waals surface area contributed by atoms with Crippen molar-refractivity contribution < 1.29 is 4.74 Å². The summed E-state index contributed by atoms with van der Waals surface area (Å²) in [4.78, 5) is 0. The van der Waals surface area contributed by atoms with Crippen molar-refractivity contribution in [2.45, 2.75) is 64.5 Å². The fourth-order valence-electron chi connectivity index (χ4n) is 3.42. The van der Waals surface area contributed by atoms with Gasteiger partial charge in [0.15, 0.2) is 0 Å². The van der Waals surface area contributed by atoms with E-state index < -0.39 is 0 Å². The monoisotopic (exact) mass is 275 g/mol. The lowest BCUT2D eigenvalue weighted by molar-refractivity contribution is -0.0578. The quantitative estimate of drug-likeness (QED) is 0.595. The average molecular weight is 275 g/mol. The van der Waals surface area contributed by atoms with Gasteiger partial charge in [0.2, 0.25) is 0 Å². The van der Waals surface area contributed by atoms with Gasteiger partial charge in [-0.3, -0.25) is 0 Å². The third-order valence-electron chi connectivity index (χ3n) is 4.45. The highest BCUT2D eigenvalue weighted by Gasteiger charge is 2.35. The zero-order valence-corrected chi connectivity index (χ0v) is 13.0. The molecule has 1 saturated heterocycles. The number of ether oxygens (including phenoxy) is 1. The van der Waals surface area contributed by atoms with Gasteiger partial charge >= 0.3 is 0 Å². The number of nitrogens with one attached hydrogen (secondary N) is 1. The van der Waals surface area contributed by atoms with Gasteiger partial charge in [0, 0.05) is 30.7 Å². The standard InChI is InChI=1S/C18H29NO/c1-3-5-9-15(10-6-4-2)19-17-12-7-13-18-16(17)11-8-14-20-18/h3-6,9,16-19H,7-8,10-14H2,1-2H3/b5-3-,6-4-,15-9+/t16?,17?,18-/m1/s1. The Morgan fingerprint density at radius 1 is 1.15 bits per heavy atom. The molecule has 1 saturated carbocycles. The average Bonchev–Trinajstić information content (AvgIpc) is 2.50. The minimum atomic E-state index is 0.500. The van der Waals surface area contributed by atoms with Crippen molar-refractivity contribution >= 4 is 0 Å². The summed E-state index contributed by atoms with van der Waals surface area (Å²) in [5.74, 6) is 0.706. The lowest BCUT2D eigenvalue weighted by atomic mass is 9.78. The first-order valence-corrected chi connectivity index (χ1v) is 8.16. The maximum absolute atomic E-state index is 5.97. The Kier molecular flexibility index (Phi) is 6.38. The summed E-state index contributed by atoms with van der Waals surface area (Å²) < 4.78 is 5.97. The summed E-state index contributed by atoms with van der Waals surface area (Å²) in [6.45, 7) is 5.11. The van der Waals surface area contributed by atoms with Crippen LogP contribution in [-0.2, 0) is 4.74 Å². The van der Waals surface area contributed by atoms with Gasteiger partial charge in [-0.05, 0) is 52.0 Å². The maximum Gasteiger partial charge on any atom is 0.0622 e. The molecule has 3 atom stereocenters. The van der Waals surface area contributed by atoms with E-state index in [1.54, 1.807) is 0 Å². The number of fused-ring (bicyclic) bond motifs is 1. The molecular formula is C18H29NO. The molecule has 1 heterocycles. The molecule has 1 N–H and O–H groups in total. The Hall–Kier alpha value is -1.02. The van der Waals surface area contributed by atoms with Crippen LogP contribution in [0.3, 0.4) is 0 Å². The molecule has 0 aromatic heterocycles. The summed E-state index contributed by atoms with van der Waals surface area (Å²) >= 11 is 0. The molecule has 2 rings (SSSR count). The smallest absolute Gasteiger partial charge is 0.0622 e. The van der Waals surface area contributed by atoms with Crippen LogP contribution in [0.4, 0.5) is 0 Å². The van der Waals surface area contributed by atoms with Crippen LogP contribution in [-0.4, -0.2) is 18.8 Å². The first kappa shape index (κ1) is 15.4. The first-order chi connectivity index (χ1) is 9.85.